The van der Waals surface area contributed by atoms with Gasteiger partial charge >= 0.3 is 5.97 Å². The number of hydrogen-bond acceptors (Lipinski definition) is 11. The molecule has 0 spiro atoms. The van der Waals surface area contributed by atoms with E-state index in [0.717, 1.165) is 6.92 Å². The Labute approximate surface area is 258 Å². The maximum absolute atomic E-state index is 12.7. The van der Waals surface area contributed by atoms with E-state index in [1.54, 1.807) is 0 Å². The fourth-order valence-corrected chi connectivity index (χ4v) is 3.81. The van der Waals surface area contributed by atoms with Gasteiger partial charge in [-0.3, -0.25) is 28.8 Å². The van der Waals surface area contributed by atoms with Crippen molar-refractivity contribution in [3.63, 3.8) is 0 Å². The number of aliphatic carboxylic acids is 1. The number of hydrogen-bond donors (Lipinski definition) is 11. The minimum absolute atomic E-state index is 0.00827. The van der Waals surface area contributed by atoms with E-state index in [0.29, 0.717) is 5.56 Å². The predicted molar refractivity (Wildman–Crippen MR) is 156 cm³/mol. The molecule has 0 bridgehead atoms. The molecule has 0 aliphatic carbocycles. The molecule has 18 heteroatoms. The first kappa shape index (κ1) is 38.2. The van der Waals surface area contributed by atoms with Gasteiger partial charge in [0.15, 0.2) is 0 Å². The van der Waals surface area contributed by atoms with Crippen molar-refractivity contribution in [3.05, 3.63) is 29.8 Å². The van der Waals surface area contributed by atoms with E-state index < -0.39 is 103 Å². The predicted octanol–water partition coefficient (Wildman–Crippen LogP) is -4.69. The number of carboxylic acid groups (broad SMARTS) is 1. The highest BCUT2D eigenvalue weighted by atomic mass is 16.4. The van der Waals surface area contributed by atoms with Gasteiger partial charge in [-0.1, -0.05) is 26.0 Å². The quantitative estimate of drug-likeness (QED) is 0.0722. The molecule has 18 nitrogen and oxygen atoms in total. The summed E-state index contributed by atoms with van der Waals surface area (Å²) >= 11 is 0. The van der Waals surface area contributed by atoms with Crippen molar-refractivity contribution in [2.24, 2.45) is 17.4 Å². The van der Waals surface area contributed by atoms with Crippen LogP contribution >= 0.6 is 0 Å². The van der Waals surface area contributed by atoms with Gasteiger partial charge in [0.2, 0.25) is 35.4 Å². The Morgan fingerprint density at radius 3 is 1.87 bits per heavy atom. The van der Waals surface area contributed by atoms with E-state index in [1.165, 1.54) is 38.1 Å². The van der Waals surface area contributed by atoms with E-state index in [2.05, 4.69) is 26.6 Å². The van der Waals surface area contributed by atoms with Crippen molar-refractivity contribution in [1.29, 1.82) is 0 Å². The number of rotatable bonds is 18. The Bertz CT molecular complexity index is 1220. The van der Waals surface area contributed by atoms with Crippen molar-refractivity contribution in [3.8, 4) is 5.75 Å². The lowest BCUT2D eigenvalue weighted by Crippen LogP contribution is -2.60. The minimum Gasteiger partial charge on any atom is -0.508 e. The molecule has 45 heavy (non-hydrogen) atoms. The number of carbonyl (C=O) groups is 7. The van der Waals surface area contributed by atoms with E-state index >= 15 is 0 Å². The topological polar surface area (TPSA) is 313 Å². The summed E-state index contributed by atoms with van der Waals surface area (Å²) in [7, 11) is 0. The van der Waals surface area contributed by atoms with Gasteiger partial charge < -0.3 is 58.5 Å². The Hall–Kier alpha value is -4.81. The number of nitrogens with two attached hydrogens (primary N) is 2. The van der Waals surface area contributed by atoms with Crippen LogP contribution in [0.15, 0.2) is 24.3 Å². The molecular formula is C27H41N7O11. The number of aromatic hydroxyl groups is 1. The molecule has 0 aliphatic heterocycles. The van der Waals surface area contributed by atoms with Gasteiger partial charge in [0.25, 0.3) is 0 Å². The number of phenols is 1. The number of aliphatic hydroxyl groups is 2. The van der Waals surface area contributed by atoms with Crippen LogP contribution in [0.25, 0.3) is 0 Å². The Morgan fingerprint density at radius 2 is 1.38 bits per heavy atom. The van der Waals surface area contributed by atoms with E-state index in [1.807, 2.05) is 0 Å². The minimum atomic E-state index is -1.68. The van der Waals surface area contributed by atoms with E-state index in [-0.39, 0.29) is 12.2 Å². The van der Waals surface area contributed by atoms with Gasteiger partial charge in [-0.2, -0.15) is 0 Å². The monoisotopic (exact) mass is 639 g/mol. The Balaban J connectivity index is 2.81. The van der Waals surface area contributed by atoms with Crippen LogP contribution in [0, 0.1) is 5.92 Å². The molecule has 13 N–H and O–H groups in total. The molecule has 6 amide bonds. The van der Waals surface area contributed by atoms with Gasteiger partial charge in [-0.05, 0) is 37.0 Å². The van der Waals surface area contributed by atoms with Crippen molar-refractivity contribution in [1.82, 2.24) is 26.6 Å². The van der Waals surface area contributed by atoms with Gasteiger partial charge in [0, 0.05) is 0 Å². The number of aliphatic hydroxyl groups excluding tert-OH is 2. The number of primary amides is 1. The number of nitrogens with one attached hydrogen (secondary N) is 5. The number of amides is 6. The fourth-order valence-electron chi connectivity index (χ4n) is 3.81. The lowest BCUT2D eigenvalue weighted by molar-refractivity contribution is -0.144. The molecule has 0 unspecified atom stereocenters. The molecular weight excluding hydrogens is 598 g/mol. The molecule has 0 aromatic heterocycles. The summed E-state index contributed by atoms with van der Waals surface area (Å²) < 4.78 is 0. The summed E-state index contributed by atoms with van der Waals surface area (Å²) in [6.45, 7) is 2.46. The number of benzene rings is 1. The maximum atomic E-state index is 12.7. The average Bonchev–Trinajstić information content (AvgIpc) is 2.95. The molecule has 6 atom stereocenters. The fraction of sp³-hybridized carbons (Fsp3) is 0.519. The molecule has 0 saturated carbocycles. The van der Waals surface area contributed by atoms with Crippen LogP contribution in [0.1, 0.15) is 32.8 Å². The van der Waals surface area contributed by atoms with Gasteiger partial charge in [0.05, 0.1) is 31.7 Å². The number of carboxylic acids is 1. The summed E-state index contributed by atoms with van der Waals surface area (Å²) in [5.41, 5.74) is 11.7. The van der Waals surface area contributed by atoms with Gasteiger partial charge in [-0.25, -0.2) is 4.79 Å². The van der Waals surface area contributed by atoms with Crippen LogP contribution in [-0.4, -0.2) is 111 Å². The van der Waals surface area contributed by atoms with Crippen LogP contribution in [-0.2, 0) is 40.0 Å². The zero-order valence-electron chi connectivity index (χ0n) is 25.0. The second-order valence-electron chi connectivity index (χ2n) is 10.5. The van der Waals surface area contributed by atoms with Crippen molar-refractivity contribution < 1.29 is 54.0 Å². The smallest absolute Gasteiger partial charge is 0.326 e. The second kappa shape index (κ2) is 18.1. The van der Waals surface area contributed by atoms with Crippen LogP contribution < -0.4 is 38.1 Å². The first-order chi connectivity index (χ1) is 21.0. The average molecular weight is 640 g/mol. The third kappa shape index (κ3) is 13.2. The van der Waals surface area contributed by atoms with E-state index in [4.69, 9.17) is 11.5 Å². The molecule has 0 aliphatic rings. The standard InChI is InChI=1S/C27H41N7O11/c1-12(2)21(27(44)45)34-25(42)18(11-35)32-26(43)22(13(3)36)33-20(39)10-30-24(41)17(9-19(29)38)31-23(40)16(28)8-14-4-6-15(37)7-5-14/h4-7,12-13,16-18,21-22,35-37H,8-11,28H2,1-3H3,(H2,29,38)(H,30,41)(H,31,40)(H,32,43)(H,33,39)(H,34,42)(H,44,45)/t13-,16+,17+,18+,21+,22+/m1/s1. The first-order valence-electron chi connectivity index (χ1n) is 13.8. The lowest BCUT2D eigenvalue weighted by atomic mass is 10.0. The zero-order valence-corrected chi connectivity index (χ0v) is 25.0. The Morgan fingerprint density at radius 1 is 0.800 bits per heavy atom. The Kier molecular flexibility index (Phi) is 15.4. The van der Waals surface area contributed by atoms with Crippen molar-refractivity contribution in [2.45, 2.75) is 69.9 Å². The third-order valence-corrected chi connectivity index (χ3v) is 6.32. The normalized spacial score (nSPS) is 14.9. The SMILES string of the molecule is CC(C)[C@H](NC(=O)[C@H](CO)NC(=O)[C@@H](NC(=O)CNC(=O)[C@H](CC(N)=O)NC(=O)[C@@H](N)Cc1ccc(O)cc1)[C@@H](C)O)C(=O)O. The molecule has 1 rings (SSSR count). The van der Waals surface area contributed by atoms with Crippen LogP contribution in [0.3, 0.4) is 0 Å². The molecule has 250 valence electrons. The summed E-state index contributed by atoms with van der Waals surface area (Å²) in [6, 6.07) is -1.45. The highest BCUT2D eigenvalue weighted by molar-refractivity contribution is 5.96. The second-order valence-corrected chi connectivity index (χ2v) is 10.5. The van der Waals surface area contributed by atoms with Crippen molar-refractivity contribution in [2.75, 3.05) is 13.2 Å². The molecule has 1 aromatic carbocycles. The largest absolute Gasteiger partial charge is 0.508 e. The highest BCUT2D eigenvalue weighted by Gasteiger charge is 2.32. The molecule has 0 saturated heterocycles. The zero-order chi connectivity index (χ0) is 34.4. The van der Waals surface area contributed by atoms with Gasteiger partial charge in [-0.15, -0.1) is 0 Å². The molecule has 1 aromatic rings. The van der Waals surface area contributed by atoms with Crippen molar-refractivity contribution >= 4 is 41.4 Å². The molecule has 0 radical (unpaired) electrons. The molecule has 0 fully saturated rings. The summed E-state index contributed by atoms with van der Waals surface area (Å²) in [5, 5.41) is 49.2. The third-order valence-electron chi connectivity index (χ3n) is 6.32. The van der Waals surface area contributed by atoms with Crippen LogP contribution in [0.2, 0.25) is 0 Å². The molecule has 0 heterocycles. The van der Waals surface area contributed by atoms with Crippen LogP contribution in [0.4, 0.5) is 0 Å². The summed E-state index contributed by atoms with van der Waals surface area (Å²) in [5.74, 6) is -7.78. The summed E-state index contributed by atoms with van der Waals surface area (Å²) in [4.78, 5) is 85.9. The first-order valence-corrected chi connectivity index (χ1v) is 13.8. The van der Waals surface area contributed by atoms with Crippen LogP contribution in [0.5, 0.6) is 5.75 Å². The maximum Gasteiger partial charge on any atom is 0.326 e. The lowest BCUT2D eigenvalue weighted by Gasteiger charge is -2.25. The van der Waals surface area contributed by atoms with Gasteiger partial charge in [0.1, 0.15) is 29.9 Å². The summed E-state index contributed by atoms with van der Waals surface area (Å²) in [6.07, 6.45) is -2.15. The number of carbonyl (C=O) groups excluding carboxylic acids is 6. The number of phenolic OH excluding ortho intramolecular Hbond substituents is 1. The van der Waals surface area contributed by atoms with E-state index in [9.17, 15) is 54.0 Å². The highest BCUT2D eigenvalue weighted by Crippen LogP contribution is 2.11.